The summed E-state index contributed by atoms with van der Waals surface area (Å²) < 4.78 is 27.2. The number of nitrogens with zero attached hydrogens (tertiary/aromatic N) is 2. The minimum atomic E-state index is -1.23. The molecule has 3 rings (SSSR count). The number of nitrogens with one attached hydrogen (secondary N) is 1. The van der Waals surface area contributed by atoms with Crippen molar-refractivity contribution in [2.24, 2.45) is 5.92 Å². The Morgan fingerprint density at radius 2 is 1.96 bits per heavy atom. The highest BCUT2D eigenvalue weighted by molar-refractivity contribution is 6.08. The first-order chi connectivity index (χ1) is 12.8. The van der Waals surface area contributed by atoms with Crippen molar-refractivity contribution >= 4 is 23.2 Å². The Kier molecular flexibility index (Phi) is 4.85. The van der Waals surface area contributed by atoms with E-state index in [9.17, 15) is 28.5 Å². The molecule has 0 aromatic heterocycles. The number of likely N-dealkylation sites (tertiary alicyclic amines) is 1. The minimum absolute atomic E-state index is 0.162. The highest BCUT2D eigenvalue weighted by Gasteiger charge is 2.44. The lowest BCUT2D eigenvalue weighted by Gasteiger charge is -2.17. The predicted molar refractivity (Wildman–Crippen MR) is 92.0 cm³/mol. The van der Waals surface area contributed by atoms with Crippen LogP contribution in [0.3, 0.4) is 0 Å². The molecule has 2 aromatic carbocycles. The van der Waals surface area contributed by atoms with Crippen molar-refractivity contribution in [2.45, 2.75) is 5.92 Å². The minimum Gasteiger partial charge on any atom is -0.344 e. The van der Waals surface area contributed by atoms with Gasteiger partial charge in [0.2, 0.25) is 11.8 Å². The van der Waals surface area contributed by atoms with E-state index in [1.165, 1.54) is 42.3 Å². The number of carbonyl (C=O) groups excluding carboxylic acids is 2. The molecule has 2 aromatic rings. The van der Waals surface area contributed by atoms with Crippen LogP contribution in [0, 0.1) is 27.7 Å². The van der Waals surface area contributed by atoms with E-state index in [2.05, 4.69) is 5.32 Å². The molecule has 1 fully saturated rings. The fraction of sp³-hybridized carbons (Fsp3) is 0.222. The standard InChI is InChI=1S/C18H15F2N3O4/c1-22-9-12(10-4-2-5-11(8-10)23(26)27)15(18(22)25)17(24)21-14-7-3-6-13(19)16(14)20/h2-8,12,15H,9H2,1H3,(H,21,24)/t12-,15+/m1/s1. The van der Waals surface area contributed by atoms with Gasteiger partial charge < -0.3 is 10.2 Å². The Labute approximate surface area is 152 Å². The van der Waals surface area contributed by atoms with Crippen molar-refractivity contribution in [3.05, 3.63) is 69.8 Å². The average molecular weight is 375 g/mol. The molecule has 0 aliphatic carbocycles. The van der Waals surface area contributed by atoms with Gasteiger partial charge in [0.05, 0.1) is 10.6 Å². The van der Waals surface area contributed by atoms with Crippen LogP contribution < -0.4 is 5.32 Å². The Bertz CT molecular complexity index is 935. The topological polar surface area (TPSA) is 92.5 Å². The second-order valence-corrected chi connectivity index (χ2v) is 6.25. The van der Waals surface area contributed by atoms with E-state index in [0.717, 1.165) is 6.07 Å². The molecule has 0 radical (unpaired) electrons. The van der Waals surface area contributed by atoms with Gasteiger partial charge in [-0.2, -0.15) is 0 Å². The zero-order valence-electron chi connectivity index (χ0n) is 14.2. The molecule has 1 saturated heterocycles. The van der Waals surface area contributed by atoms with E-state index in [0.29, 0.717) is 5.56 Å². The molecule has 140 valence electrons. The number of amides is 2. The largest absolute Gasteiger partial charge is 0.344 e. The second-order valence-electron chi connectivity index (χ2n) is 6.25. The van der Waals surface area contributed by atoms with Crippen LogP contribution in [-0.4, -0.2) is 35.2 Å². The first kappa shape index (κ1) is 18.4. The number of nitro groups is 1. The Balaban J connectivity index is 1.92. The lowest BCUT2D eigenvalue weighted by Crippen LogP contribution is -2.33. The number of nitro benzene ring substituents is 1. The summed E-state index contributed by atoms with van der Waals surface area (Å²) in [6.07, 6.45) is 0. The van der Waals surface area contributed by atoms with E-state index in [4.69, 9.17) is 0 Å². The monoisotopic (exact) mass is 375 g/mol. The molecule has 2 atom stereocenters. The van der Waals surface area contributed by atoms with Crippen LogP contribution in [0.5, 0.6) is 0 Å². The van der Waals surface area contributed by atoms with E-state index >= 15 is 0 Å². The maximum atomic E-state index is 13.8. The summed E-state index contributed by atoms with van der Waals surface area (Å²) in [5.41, 5.74) is -0.0910. The number of non-ortho nitro benzene ring substituents is 1. The maximum absolute atomic E-state index is 13.8. The summed E-state index contributed by atoms with van der Waals surface area (Å²) in [6, 6.07) is 8.99. The molecule has 1 aliphatic heterocycles. The molecule has 1 aliphatic rings. The quantitative estimate of drug-likeness (QED) is 0.505. The molecular weight excluding hydrogens is 360 g/mol. The van der Waals surface area contributed by atoms with Crippen molar-refractivity contribution in [1.82, 2.24) is 4.90 Å². The van der Waals surface area contributed by atoms with Crippen LogP contribution in [0.1, 0.15) is 11.5 Å². The first-order valence-electron chi connectivity index (χ1n) is 8.04. The molecule has 7 nitrogen and oxygen atoms in total. The zero-order chi connectivity index (χ0) is 19.7. The summed E-state index contributed by atoms with van der Waals surface area (Å²) in [6.45, 7) is 0.170. The van der Waals surface area contributed by atoms with Crippen LogP contribution in [-0.2, 0) is 9.59 Å². The van der Waals surface area contributed by atoms with Crippen molar-refractivity contribution < 1.29 is 23.3 Å². The van der Waals surface area contributed by atoms with Crippen LogP contribution in [0.4, 0.5) is 20.2 Å². The van der Waals surface area contributed by atoms with Crippen LogP contribution in [0.2, 0.25) is 0 Å². The van der Waals surface area contributed by atoms with Crippen molar-refractivity contribution in [3.8, 4) is 0 Å². The molecule has 9 heteroatoms. The molecule has 1 N–H and O–H groups in total. The van der Waals surface area contributed by atoms with Crippen LogP contribution in [0.25, 0.3) is 0 Å². The predicted octanol–water partition coefficient (Wildman–Crippen LogP) is 2.68. The third-order valence-corrected chi connectivity index (χ3v) is 4.52. The third-order valence-electron chi connectivity index (χ3n) is 4.52. The molecule has 1 heterocycles. The lowest BCUT2D eigenvalue weighted by atomic mass is 9.87. The molecular formula is C18H15F2N3O4. The normalized spacial score (nSPS) is 19.2. The fourth-order valence-corrected chi connectivity index (χ4v) is 3.17. The summed E-state index contributed by atoms with van der Waals surface area (Å²) in [5.74, 6) is -5.51. The molecule has 0 spiro atoms. The SMILES string of the molecule is CN1C[C@H](c2cccc([N+](=O)[O-])c2)[C@@H](C(=O)Nc2cccc(F)c2F)C1=O. The second kappa shape index (κ2) is 7.10. The summed E-state index contributed by atoms with van der Waals surface area (Å²) in [7, 11) is 1.50. The number of hydrogen-bond acceptors (Lipinski definition) is 4. The number of anilines is 1. The molecule has 0 saturated carbocycles. The summed E-state index contributed by atoms with van der Waals surface area (Å²) in [4.78, 5) is 36.9. The van der Waals surface area contributed by atoms with E-state index in [1.54, 1.807) is 6.07 Å². The highest BCUT2D eigenvalue weighted by atomic mass is 19.2. The summed E-state index contributed by atoms with van der Waals surface area (Å²) >= 11 is 0. The number of carbonyl (C=O) groups is 2. The van der Waals surface area contributed by atoms with Crippen LogP contribution >= 0.6 is 0 Å². The van der Waals surface area contributed by atoms with Gasteiger partial charge in [0.25, 0.3) is 5.69 Å². The van der Waals surface area contributed by atoms with E-state index < -0.39 is 40.2 Å². The van der Waals surface area contributed by atoms with Gasteiger partial charge in [-0.25, -0.2) is 8.78 Å². The van der Waals surface area contributed by atoms with Gasteiger partial charge in [-0.05, 0) is 17.7 Å². The van der Waals surface area contributed by atoms with Crippen LogP contribution in [0.15, 0.2) is 42.5 Å². The van der Waals surface area contributed by atoms with Crippen molar-refractivity contribution in [2.75, 3.05) is 18.9 Å². The number of rotatable bonds is 4. The van der Waals surface area contributed by atoms with E-state index in [-0.39, 0.29) is 17.9 Å². The van der Waals surface area contributed by atoms with Gasteiger partial charge in [-0.15, -0.1) is 0 Å². The van der Waals surface area contributed by atoms with Gasteiger partial charge in [0.1, 0.15) is 5.92 Å². The van der Waals surface area contributed by atoms with Gasteiger partial charge >= 0.3 is 0 Å². The number of benzene rings is 2. The number of likely N-dealkylation sites (N-methyl/N-ethyl adjacent to an activating group) is 1. The van der Waals surface area contributed by atoms with Crippen molar-refractivity contribution in [3.63, 3.8) is 0 Å². The van der Waals surface area contributed by atoms with Gasteiger partial charge in [0.15, 0.2) is 11.6 Å². The Morgan fingerprint density at radius 3 is 2.67 bits per heavy atom. The lowest BCUT2D eigenvalue weighted by molar-refractivity contribution is -0.384. The van der Waals surface area contributed by atoms with Gasteiger partial charge in [-0.1, -0.05) is 18.2 Å². The first-order valence-corrected chi connectivity index (χ1v) is 8.04. The summed E-state index contributed by atoms with van der Waals surface area (Å²) in [5, 5.41) is 13.2. The Hall–Kier alpha value is -3.36. The maximum Gasteiger partial charge on any atom is 0.269 e. The van der Waals surface area contributed by atoms with Crippen molar-refractivity contribution in [1.29, 1.82) is 0 Å². The molecule has 27 heavy (non-hydrogen) atoms. The van der Waals surface area contributed by atoms with Gasteiger partial charge in [-0.3, -0.25) is 19.7 Å². The molecule has 2 amide bonds. The Morgan fingerprint density at radius 1 is 1.26 bits per heavy atom. The average Bonchev–Trinajstić information content (AvgIpc) is 2.94. The third kappa shape index (κ3) is 3.48. The van der Waals surface area contributed by atoms with Gasteiger partial charge in [0, 0.05) is 31.6 Å². The van der Waals surface area contributed by atoms with E-state index in [1.807, 2.05) is 0 Å². The molecule has 0 unspecified atom stereocenters. The number of halogens is 2. The highest BCUT2D eigenvalue weighted by Crippen LogP contribution is 2.35. The molecule has 0 bridgehead atoms. The smallest absolute Gasteiger partial charge is 0.269 e. The number of hydrogen-bond donors (Lipinski definition) is 1. The fourth-order valence-electron chi connectivity index (χ4n) is 3.17. The zero-order valence-corrected chi connectivity index (χ0v) is 14.2.